The van der Waals surface area contributed by atoms with Crippen LogP contribution in [0.1, 0.15) is 32.6 Å². The summed E-state index contributed by atoms with van der Waals surface area (Å²) in [5, 5.41) is 3.97. The van der Waals surface area contributed by atoms with Gasteiger partial charge in [0.05, 0.1) is 0 Å². The molecule has 0 saturated carbocycles. The van der Waals surface area contributed by atoms with Crippen molar-refractivity contribution in [2.24, 2.45) is 11.8 Å². The Labute approximate surface area is 112 Å². The fourth-order valence-electron chi connectivity index (χ4n) is 4.24. The molecule has 4 rings (SSSR count). The number of piperidine rings is 4. The van der Waals surface area contributed by atoms with Gasteiger partial charge in [-0.25, -0.2) is 0 Å². The summed E-state index contributed by atoms with van der Waals surface area (Å²) in [6, 6.07) is 1.47. The Bertz CT molecular complexity index is 273. The van der Waals surface area contributed by atoms with Gasteiger partial charge < -0.3 is 15.1 Å². The van der Waals surface area contributed by atoms with E-state index in [1.54, 1.807) is 0 Å². The van der Waals surface area contributed by atoms with E-state index in [1.165, 1.54) is 58.4 Å². The summed E-state index contributed by atoms with van der Waals surface area (Å²) < 4.78 is 0. The molecular formula is C15H29N3. The lowest BCUT2D eigenvalue weighted by atomic mass is 9.82. The smallest absolute Gasteiger partial charge is 0.0226 e. The van der Waals surface area contributed by atoms with Gasteiger partial charge in [-0.15, -0.1) is 0 Å². The van der Waals surface area contributed by atoms with Crippen molar-refractivity contribution in [2.45, 2.75) is 44.7 Å². The molecule has 0 aromatic rings. The Hall–Kier alpha value is -0.120. The van der Waals surface area contributed by atoms with Crippen molar-refractivity contribution >= 4 is 0 Å². The zero-order valence-electron chi connectivity index (χ0n) is 12.1. The van der Waals surface area contributed by atoms with Gasteiger partial charge in [0, 0.05) is 25.2 Å². The summed E-state index contributed by atoms with van der Waals surface area (Å²) in [6.45, 7) is 9.00. The fraction of sp³-hybridized carbons (Fsp3) is 1.00. The van der Waals surface area contributed by atoms with Crippen LogP contribution >= 0.6 is 0 Å². The van der Waals surface area contributed by atoms with E-state index in [4.69, 9.17) is 0 Å². The molecule has 0 spiro atoms. The number of nitrogens with one attached hydrogen (secondary N) is 1. The van der Waals surface area contributed by atoms with Crippen LogP contribution < -0.4 is 5.32 Å². The standard InChI is InChI=1S/C15H29N3/c1-12(14-4-3-7-17(2)10-14)16-15-11-18-8-5-13(15)6-9-18/h12-16H,3-11H2,1-2H3. The summed E-state index contributed by atoms with van der Waals surface area (Å²) in [5.41, 5.74) is 0. The second kappa shape index (κ2) is 5.48. The highest BCUT2D eigenvalue weighted by atomic mass is 15.2. The molecule has 3 atom stereocenters. The quantitative estimate of drug-likeness (QED) is 0.818. The van der Waals surface area contributed by atoms with E-state index >= 15 is 0 Å². The molecule has 2 bridgehead atoms. The van der Waals surface area contributed by atoms with Crippen LogP contribution in [0.4, 0.5) is 0 Å². The average Bonchev–Trinajstić information content (AvgIpc) is 2.40. The molecule has 4 heterocycles. The molecule has 0 aliphatic carbocycles. The minimum atomic E-state index is 0.693. The third-order valence-corrected chi connectivity index (χ3v) is 5.50. The van der Waals surface area contributed by atoms with E-state index < -0.39 is 0 Å². The molecule has 3 heteroatoms. The number of rotatable bonds is 3. The highest BCUT2D eigenvalue weighted by Gasteiger charge is 2.35. The third-order valence-electron chi connectivity index (χ3n) is 5.50. The monoisotopic (exact) mass is 251 g/mol. The first-order chi connectivity index (χ1) is 8.72. The minimum absolute atomic E-state index is 0.693. The lowest BCUT2D eigenvalue weighted by Gasteiger charge is -2.47. The van der Waals surface area contributed by atoms with E-state index in [-0.39, 0.29) is 0 Å². The number of likely N-dealkylation sites (tertiary alicyclic amines) is 1. The molecule has 4 saturated heterocycles. The lowest BCUT2D eigenvalue weighted by molar-refractivity contribution is 0.0588. The van der Waals surface area contributed by atoms with E-state index in [1.807, 2.05) is 0 Å². The van der Waals surface area contributed by atoms with Gasteiger partial charge in [0.25, 0.3) is 0 Å². The van der Waals surface area contributed by atoms with Gasteiger partial charge in [0.15, 0.2) is 0 Å². The first-order valence-corrected chi connectivity index (χ1v) is 7.89. The molecule has 104 valence electrons. The Morgan fingerprint density at radius 1 is 1.06 bits per heavy atom. The minimum Gasteiger partial charge on any atom is -0.310 e. The van der Waals surface area contributed by atoms with Crippen LogP contribution in [0.15, 0.2) is 0 Å². The molecule has 0 aromatic heterocycles. The molecule has 1 N–H and O–H groups in total. The second-order valence-corrected chi connectivity index (χ2v) is 6.86. The predicted molar refractivity (Wildman–Crippen MR) is 75.8 cm³/mol. The summed E-state index contributed by atoms with van der Waals surface area (Å²) in [4.78, 5) is 5.15. The van der Waals surface area contributed by atoms with Crippen molar-refractivity contribution < 1.29 is 0 Å². The molecule has 4 aliphatic heterocycles. The Morgan fingerprint density at radius 2 is 1.83 bits per heavy atom. The van der Waals surface area contributed by atoms with Gasteiger partial charge in [-0.1, -0.05) is 0 Å². The molecule has 4 aliphatic rings. The topological polar surface area (TPSA) is 18.5 Å². The Kier molecular flexibility index (Phi) is 3.92. The summed E-state index contributed by atoms with van der Waals surface area (Å²) in [5.74, 6) is 1.82. The van der Waals surface area contributed by atoms with E-state index in [2.05, 4.69) is 29.1 Å². The molecule has 3 nitrogen and oxygen atoms in total. The molecule has 18 heavy (non-hydrogen) atoms. The van der Waals surface area contributed by atoms with Crippen molar-refractivity contribution in [2.75, 3.05) is 39.8 Å². The Morgan fingerprint density at radius 3 is 2.44 bits per heavy atom. The van der Waals surface area contributed by atoms with Gasteiger partial charge in [-0.2, -0.15) is 0 Å². The van der Waals surface area contributed by atoms with Crippen molar-refractivity contribution in [3.63, 3.8) is 0 Å². The van der Waals surface area contributed by atoms with Gasteiger partial charge in [0.2, 0.25) is 0 Å². The van der Waals surface area contributed by atoms with Crippen molar-refractivity contribution in [3.05, 3.63) is 0 Å². The van der Waals surface area contributed by atoms with Crippen LogP contribution in [0.3, 0.4) is 0 Å². The van der Waals surface area contributed by atoms with Crippen LogP contribution in [0.2, 0.25) is 0 Å². The van der Waals surface area contributed by atoms with Gasteiger partial charge in [0.1, 0.15) is 0 Å². The third kappa shape index (κ3) is 2.73. The van der Waals surface area contributed by atoms with Crippen LogP contribution in [-0.4, -0.2) is 61.7 Å². The first kappa shape index (κ1) is 12.9. The SMILES string of the molecule is CC(NC1CN2CCC1CC2)C1CCCN(C)C1. The van der Waals surface area contributed by atoms with Crippen LogP contribution in [0.25, 0.3) is 0 Å². The van der Waals surface area contributed by atoms with Gasteiger partial charge in [-0.05, 0) is 71.1 Å². The fourth-order valence-corrected chi connectivity index (χ4v) is 4.24. The van der Waals surface area contributed by atoms with Crippen molar-refractivity contribution in [1.82, 2.24) is 15.1 Å². The molecule has 3 unspecified atom stereocenters. The van der Waals surface area contributed by atoms with Gasteiger partial charge >= 0.3 is 0 Å². The van der Waals surface area contributed by atoms with E-state index in [0.29, 0.717) is 6.04 Å². The average molecular weight is 251 g/mol. The van der Waals surface area contributed by atoms with Crippen LogP contribution in [0, 0.1) is 11.8 Å². The number of hydrogen-bond donors (Lipinski definition) is 1. The number of hydrogen-bond acceptors (Lipinski definition) is 3. The second-order valence-electron chi connectivity index (χ2n) is 6.86. The number of fused-ring (bicyclic) bond motifs is 3. The van der Waals surface area contributed by atoms with Crippen LogP contribution in [-0.2, 0) is 0 Å². The number of nitrogens with zero attached hydrogens (tertiary/aromatic N) is 2. The molecule has 4 fully saturated rings. The largest absolute Gasteiger partial charge is 0.310 e. The lowest BCUT2D eigenvalue weighted by Crippen LogP contribution is -2.59. The first-order valence-electron chi connectivity index (χ1n) is 7.89. The molecule has 0 radical (unpaired) electrons. The van der Waals surface area contributed by atoms with Gasteiger partial charge in [-0.3, -0.25) is 0 Å². The molecule has 0 amide bonds. The zero-order valence-corrected chi connectivity index (χ0v) is 12.1. The van der Waals surface area contributed by atoms with E-state index in [0.717, 1.165) is 17.9 Å². The summed E-state index contributed by atoms with van der Waals surface area (Å²) >= 11 is 0. The predicted octanol–water partition coefficient (Wildman–Crippen LogP) is 1.40. The highest BCUT2D eigenvalue weighted by molar-refractivity contribution is 4.93. The van der Waals surface area contributed by atoms with Crippen LogP contribution in [0.5, 0.6) is 0 Å². The normalized spacial score (nSPS) is 43.0. The molecule has 0 aromatic carbocycles. The van der Waals surface area contributed by atoms with E-state index in [9.17, 15) is 0 Å². The Balaban J connectivity index is 1.52. The zero-order chi connectivity index (χ0) is 12.5. The maximum Gasteiger partial charge on any atom is 0.0226 e. The maximum atomic E-state index is 3.97. The molecular weight excluding hydrogens is 222 g/mol. The van der Waals surface area contributed by atoms with Crippen molar-refractivity contribution in [3.8, 4) is 0 Å². The summed E-state index contributed by atoms with van der Waals surface area (Å²) in [6.07, 6.45) is 5.65. The highest BCUT2D eigenvalue weighted by Crippen LogP contribution is 2.29. The summed E-state index contributed by atoms with van der Waals surface area (Å²) in [7, 11) is 2.27. The maximum absolute atomic E-state index is 3.97. The van der Waals surface area contributed by atoms with Crippen molar-refractivity contribution in [1.29, 1.82) is 0 Å².